The lowest BCUT2D eigenvalue weighted by Gasteiger charge is -2.40. The van der Waals surface area contributed by atoms with E-state index in [0.29, 0.717) is 12.1 Å². The first-order valence-electron chi connectivity index (χ1n) is 11.1. The molecule has 32 heavy (non-hydrogen) atoms. The highest BCUT2D eigenvalue weighted by Gasteiger charge is 2.43. The third-order valence-corrected chi connectivity index (χ3v) is 6.31. The van der Waals surface area contributed by atoms with Gasteiger partial charge in [0.05, 0.1) is 6.04 Å². The largest absolute Gasteiger partial charge is 0.487 e. The summed E-state index contributed by atoms with van der Waals surface area (Å²) in [5.74, 6) is 1.77. The minimum Gasteiger partial charge on any atom is -0.487 e. The van der Waals surface area contributed by atoms with Gasteiger partial charge in [0.2, 0.25) is 0 Å². The Labute approximate surface area is 207 Å². The van der Waals surface area contributed by atoms with Gasteiger partial charge in [0, 0.05) is 45.2 Å². The van der Waals surface area contributed by atoms with E-state index in [1.807, 2.05) is 30.3 Å². The molecule has 0 aromatic heterocycles. The topological polar surface area (TPSA) is 66.0 Å². The molecule has 172 valence electrons. The number of nitrogens with one attached hydrogen (secondary N) is 2. The molecule has 0 saturated heterocycles. The molecule has 1 spiro atoms. The summed E-state index contributed by atoms with van der Waals surface area (Å²) >= 11 is 0. The average Bonchev–Trinajstić information content (AvgIpc) is 3.23. The zero-order valence-corrected chi connectivity index (χ0v) is 21.4. The number of rotatable bonds is 4. The van der Waals surface area contributed by atoms with E-state index < -0.39 is 0 Å². The molecule has 1 atom stereocenters. The van der Waals surface area contributed by atoms with Gasteiger partial charge in [0.15, 0.2) is 5.96 Å². The van der Waals surface area contributed by atoms with Crippen molar-refractivity contribution in [3.05, 3.63) is 65.2 Å². The number of para-hydroxylation sites is 1. The molecule has 2 aliphatic rings. The Morgan fingerprint density at radius 3 is 2.47 bits per heavy atom. The monoisotopic (exact) mass is 548 g/mol. The number of hydrogen-bond acceptors (Lipinski definition) is 3. The van der Waals surface area contributed by atoms with Crippen LogP contribution >= 0.6 is 24.0 Å². The van der Waals surface area contributed by atoms with Crippen LogP contribution < -0.4 is 15.4 Å². The fourth-order valence-corrected chi connectivity index (χ4v) is 4.64. The predicted octanol–water partition coefficient (Wildman–Crippen LogP) is 4.51. The molecule has 2 aromatic rings. The zero-order valence-electron chi connectivity index (χ0n) is 19.1. The lowest BCUT2D eigenvalue weighted by atomic mass is 9.86. The number of nitrogens with zero attached hydrogens (tertiary/aromatic N) is 2. The van der Waals surface area contributed by atoms with Crippen molar-refractivity contribution in [2.24, 2.45) is 4.99 Å². The van der Waals surface area contributed by atoms with Crippen molar-refractivity contribution in [3.8, 4) is 5.75 Å². The molecular weight excluding hydrogens is 515 g/mol. The van der Waals surface area contributed by atoms with Crippen molar-refractivity contribution in [1.82, 2.24) is 15.5 Å². The molecule has 1 aliphatic carbocycles. The quantitative estimate of drug-likeness (QED) is 0.336. The minimum absolute atomic E-state index is 0. The molecular formula is C25H33IN4O2. The van der Waals surface area contributed by atoms with Gasteiger partial charge in [0.1, 0.15) is 11.4 Å². The number of hydrogen-bond donors (Lipinski definition) is 2. The van der Waals surface area contributed by atoms with Gasteiger partial charge in [-0.15, -0.1) is 24.0 Å². The molecule has 1 amide bonds. The normalized spacial score (nSPS) is 18.8. The highest BCUT2D eigenvalue weighted by Crippen LogP contribution is 2.46. The molecule has 1 heterocycles. The Bertz CT molecular complexity index is 953. The van der Waals surface area contributed by atoms with E-state index in [1.165, 1.54) is 18.4 Å². The highest BCUT2D eigenvalue weighted by atomic mass is 127. The maximum absolute atomic E-state index is 12.1. The van der Waals surface area contributed by atoms with Gasteiger partial charge >= 0.3 is 0 Å². The summed E-state index contributed by atoms with van der Waals surface area (Å²) in [6, 6.07) is 16.2. The fourth-order valence-electron chi connectivity index (χ4n) is 4.64. The van der Waals surface area contributed by atoms with Crippen LogP contribution in [0.2, 0.25) is 0 Å². The Kier molecular flexibility index (Phi) is 8.03. The Hall–Kier alpha value is -2.29. The third-order valence-electron chi connectivity index (χ3n) is 6.31. The van der Waals surface area contributed by atoms with E-state index in [9.17, 15) is 4.79 Å². The van der Waals surface area contributed by atoms with Crippen LogP contribution in [-0.4, -0.2) is 43.5 Å². The molecule has 4 rings (SSSR count). The Morgan fingerprint density at radius 2 is 1.81 bits per heavy atom. The number of guanidine groups is 1. The molecule has 1 aliphatic heterocycles. The number of carbonyl (C=O) groups is 1. The van der Waals surface area contributed by atoms with Crippen LogP contribution in [0.15, 0.2) is 53.5 Å². The first kappa shape index (κ1) is 24.4. The molecule has 1 fully saturated rings. The van der Waals surface area contributed by atoms with E-state index >= 15 is 0 Å². The lowest BCUT2D eigenvalue weighted by Crippen LogP contribution is -2.46. The maximum Gasteiger partial charge on any atom is 0.253 e. The van der Waals surface area contributed by atoms with E-state index in [0.717, 1.165) is 36.5 Å². The number of carbonyl (C=O) groups excluding carboxylic acids is 1. The SMILES string of the molecule is CN=C(NCc1ccc(C(=O)N(C)C)cc1)NC1CC2(CCCC2)Oc2ccccc21.I. The van der Waals surface area contributed by atoms with Crippen molar-refractivity contribution < 1.29 is 9.53 Å². The summed E-state index contributed by atoms with van der Waals surface area (Å²) in [6.07, 6.45) is 5.64. The van der Waals surface area contributed by atoms with Crippen molar-refractivity contribution in [1.29, 1.82) is 0 Å². The average molecular weight is 548 g/mol. The van der Waals surface area contributed by atoms with E-state index in [4.69, 9.17) is 4.74 Å². The van der Waals surface area contributed by atoms with Crippen LogP contribution in [0.3, 0.4) is 0 Å². The first-order chi connectivity index (χ1) is 15.0. The summed E-state index contributed by atoms with van der Waals surface area (Å²) in [4.78, 5) is 18.1. The maximum atomic E-state index is 12.1. The van der Waals surface area contributed by atoms with Crippen LogP contribution in [0.4, 0.5) is 0 Å². The van der Waals surface area contributed by atoms with Crippen molar-refractivity contribution in [3.63, 3.8) is 0 Å². The first-order valence-corrected chi connectivity index (χ1v) is 11.1. The zero-order chi connectivity index (χ0) is 21.8. The molecule has 7 heteroatoms. The van der Waals surface area contributed by atoms with Crippen molar-refractivity contribution in [2.45, 2.75) is 50.3 Å². The van der Waals surface area contributed by atoms with Gasteiger partial charge in [-0.3, -0.25) is 9.79 Å². The Morgan fingerprint density at radius 1 is 1.12 bits per heavy atom. The standard InChI is InChI=1S/C25H32N4O2.HI/c1-26-24(27-17-18-10-12-19(13-11-18)23(30)29(2)3)28-21-16-25(14-6-7-15-25)31-22-9-5-4-8-20(21)22;/h4-5,8-13,21H,6-7,14-17H2,1-3H3,(H2,26,27,28);1H. The van der Waals surface area contributed by atoms with E-state index in [2.05, 4.69) is 33.8 Å². The van der Waals surface area contributed by atoms with Gasteiger partial charge in [-0.1, -0.05) is 30.3 Å². The summed E-state index contributed by atoms with van der Waals surface area (Å²) in [6.45, 7) is 0.631. The number of aliphatic imine (C=N–C) groups is 1. The summed E-state index contributed by atoms with van der Waals surface area (Å²) in [5, 5.41) is 7.04. The number of amides is 1. The summed E-state index contributed by atoms with van der Waals surface area (Å²) < 4.78 is 6.47. The second-order valence-corrected chi connectivity index (χ2v) is 8.75. The molecule has 2 aromatic carbocycles. The van der Waals surface area contributed by atoms with E-state index in [-0.39, 0.29) is 41.5 Å². The van der Waals surface area contributed by atoms with Gasteiger partial charge in [-0.05, 0) is 49.4 Å². The molecule has 2 N–H and O–H groups in total. The number of fused-ring (bicyclic) bond motifs is 1. The number of ether oxygens (including phenoxy) is 1. The third kappa shape index (κ3) is 5.36. The second kappa shape index (κ2) is 10.6. The van der Waals surface area contributed by atoms with Gasteiger partial charge < -0.3 is 20.3 Å². The molecule has 0 bridgehead atoms. The number of halogens is 1. The number of benzene rings is 2. The molecule has 1 saturated carbocycles. The van der Waals surface area contributed by atoms with Crippen LogP contribution in [-0.2, 0) is 6.54 Å². The Balaban J connectivity index is 0.00000289. The second-order valence-electron chi connectivity index (χ2n) is 8.75. The summed E-state index contributed by atoms with van der Waals surface area (Å²) in [5.41, 5.74) is 2.92. The highest BCUT2D eigenvalue weighted by molar-refractivity contribution is 14.0. The van der Waals surface area contributed by atoms with Gasteiger partial charge in [-0.25, -0.2) is 0 Å². The van der Waals surface area contributed by atoms with Gasteiger partial charge in [0.25, 0.3) is 5.91 Å². The predicted molar refractivity (Wildman–Crippen MR) is 139 cm³/mol. The minimum atomic E-state index is -0.0559. The van der Waals surface area contributed by atoms with Crippen molar-refractivity contribution >= 4 is 35.8 Å². The lowest BCUT2D eigenvalue weighted by molar-refractivity contribution is 0.0396. The van der Waals surface area contributed by atoms with Gasteiger partial charge in [-0.2, -0.15) is 0 Å². The smallest absolute Gasteiger partial charge is 0.253 e. The van der Waals surface area contributed by atoms with E-state index in [1.54, 1.807) is 26.0 Å². The van der Waals surface area contributed by atoms with Crippen LogP contribution in [0.1, 0.15) is 59.6 Å². The summed E-state index contributed by atoms with van der Waals surface area (Å²) in [7, 11) is 5.32. The molecule has 0 radical (unpaired) electrons. The molecule has 1 unspecified atom stereocenters. The van der Waals surface area contributed by atoms with Crippen LogP contribution in [0, 0.1) is 0 Å². The van der Waals surface area contributed by atoms with Crippen LogP contribution in [0.5, 0.6) is 5.75 Å². The fraction of sp³-hybridized carbons (Fsp3) is 0.440. The van der Waals surface area contributed by atoms with Crippen molar-refractivity contribution in [2.75, 3.05) is 21.1 Å². The molecule has 6 nitrogen and oxygen atoms in total. The van der Waals surface area contributed by atoms with Crippen LogP contribution in [0.25, 0.3) is 0 Å².